The van der Waals surface area contributed by atoms with E-state index in [9.17, 15) is 0 Å². The van der Waals surface area contributed by atoms with Crippen molar-refractivity contribution in [3.05, 3.63) is 64.1 Å². The largest absolute Gasteiger partial charge is 0.488 e. The monoisotopic (exact) mass is 403 g/mol. The van der Waals surface area contributed by atoms with Gasteiger partial charge in [-0.05, 0) is 52.2 Å². The molecule has 1 N–H and O–H groups in total. The van der Waals surface area contributed by atoms with Gasteiger partial charge in [0.05, 0.1) is 4.47 Å². The molecule has 0 atom stereocenters. The fourth-order valence-electron chi connectivity index (χ4n) is 2.77. The first-order valence-electron chi connectivity index (χ1n) is 9.45. The molecule has 0 aliphatic rings. The number of hydrogen-bond donors (Lipinski definition) is 1. The highest BCUT2D eigenvalue weighted by molar-refractivity contribution is 9.10. The van der Waals surface area contributed by atoms with E-state index in [4.69, 9.17) is 4.74 Å². The van der Waals surface area contributed by atoms with Crippen molar-refractivity contribution >= 4 is 15.9 Å². The van der Waals surface area contributed by atoms with Gasteiger partial charge in [-0.3, -0.25) is 0 Å². The van der Waals surface area contributed by atoms with Crippen molar-refractivity contribution in [2.45, 2.75) is 58.6 Å². The van der Waals surface area contributed by atoms with E-state index in [2.05, 4.69) is 58.5 Å². The van der Waals surface area contributed by atoms with Crippen LogP contribution in [-0.2, 0) is 13.2 Å². The maximum absolute atomic E-state index is 5.90. The van der Waals surface area contributed by atoms with Crippen LogP contribution in [0.3, 0.4) is 0 Å². The number of unbranched alkanes of at least 4 members (excludes halogenated alkanes) is 5. The van der Waals surface area contributed by atoms with Gasteiger partial charge in [0.25, 0.3) is 0 Å². The summed E-state index contributed by atoms with van der Waals surface area (Å²) in [6.45, 7) is 4.86. The molecule has 0 amide bonds. The van der Waals surface area contributed by atoms with Gasteiger partial charge >= 0.3 is 0 Å². The lowest BCUT2D eigenvalue weighted by molar-refractivity contribution is 0.304. The maximum atomic E-state index is 5.90. The molecule has 0 heterocycles. The number of halogens is 1. The van der Waals surface area contributed by atoms with Crippen molar-refractivity contribution in [1.82, 2.24) is 5.32 Å². The van der Waals surface area contributed by atoms with Gasteiger partial charge < -0.3 is 10.1 Å². The minimum Gasteiger partial charge on any atom is -0.488 e. The average molecular weight is 404 g/mol. The SMILES string of the molecule is CCCCCCCCNCc1ccc(OCc2ccccc2)c(Br)c1. The van der Waals surface area contributed by atoms with Crippen molar-refractivity contribution in [2.24, 2.45) is 0 Å². The fourth-order valence-corrected chi connectivity index (χ4v) is 3.31. The Morgan fingerprint density at radius 3 is 2.40 bits per heavy atom. The zero-order valence-electron chi connectivity index (χ0n) is 15.3. The first-order valence-corrected chi connectivity index (χ1v) is 10.2. The third kappa shape index (κ3) is 8.06. The second-order valence-electron chi connectivity index (χ2n) is 6.48. The minimum absolute atomic E-state index is 0.592. The molecule has 0 spiro atoms. The first kappa shape index (κ1) is 20.0. The number of benzene rings is 2. The average Bonchev–Trinajstić information content (AvgIpc) is 2.64. The molecule has 0 bridgehead atoms. The molecule has 0 aromatic heterocycles. The van der Waals surface area contributed by atoms with Crippen molar-refractivity contribution in [2.75, 3.05) is 6.54 Å². The molecular weight excluding hydrogens is 374 g/mol. The van der Waals surface area contributed by atoms with Crippen LogP contribution in [0, 0.1) is 0 Å². The van der Waals surface area contributed by atoms with Crippen molar-refractivity contribution in [3.63, 3.8) is 0 Å². The van der Waals surface area contributed by atoms with Crippen LogP contribution < -0.4 is 10.1 Å². The first-order chi connectivity index (χ1) is 12.3. The van der Waals surface area contributed by atoms with Gasteiger partial charge in [-0.15, -0.1) is 0 Å². The summed E-state index contributed by atoms with van der Waals surface area (Å²) < 4.78 is 6.92. The lowest BCUT2D eigenvalue weighted by Crippen LogP contribution is -2.14. The van der Waals surface area contributed by atoms with E-state index in [0.29, 0.717) is 6.61 Å². The molecule has 0 saturated heterocycles. The molecule has 2 aromatic carbocycles. The zero-order chi connectivity index (χ0) is 17.7. The van der Waals surface area contributed by atoms with E-state index in [1.807, 2.05) is 18.2 Å². The molecule has 0 aliphatic carbocycles. The summed E-state index contributed by atoms with van der Waals surface area (Å²) in [6, 6.07) is 16.6. The van der Waals surface area contributed by atoms with Gasteiger partial charge in [-0.2, -0.15) is 0 Å². The normalized spacial score (nSPS) is 10.8. The Hall–Kier alpha value is -1.32. The molecule has 0 unspecified atom stereocenters. The Balaban J connectivity index is 1.67. The highest BCUT2D eigenvalue weighted by atomic mass is 79.9. The number of hydrogen-bond acceptors (Lipinski definition) is 2. The lowest BCUT2D eigenvalue weighted by atomic mass is 10.1. The van der Waals surface area contributed by atoms with Crippen LogP contribution in [0.1, 0.15) is 56.6 Å². The van der Waals surface area contributed by atoms with Crippen LogP contribution in [-0.4, -0.2) is 6.54 Å². The minimum atomic E-state index is 0.592. The zero-order valence-corrected chi connectivity index (χ0v) is 16.9. The molecule has 3 heteroatoms. The number of nitrogens with one attached hydrogen (secondary N) is 1. The van der Waals surface area contributed by atoms with Crippen LogP contribution in [0.15, 0.2) is 53.0 Å². The quantitative estimate of drug-likeness (QED) is 0.409. The molecule has 2 nitrogen and oxygen atoms in total. The van der Waals surface area contributed by atoms with E-state index in [0.717, 1.165) is 23.3 Å². The molecule has 2 aromatic rings. The highest BCUT2D eigenvalue weighted by Crippen LogP contribution is 2.26. The van der Waals surface area contributed by atoms with Gasteiger partial charge in [0.2, 0.25) is 0 Å². The Bertz CT molecular complexity index is 600. The third-order valence-corrected chi connectivity index (χ3v) is 4.89. The van der Waals surface area contributed by atoms with Gasteiger partial charge in [0.15, 0.2) is 0 Å². The molecular formula is C22H30BrNO. The summed E-state index contributed by atoms with van der Waals surface area (Å²) >= 11 is 3.63. The second kappa shape index (κ2) is 12.1. The Morgan fingerprint density at radius 2 is 1.64 bits per heavy atom. The predicted octanol–water partition coefficient (Wildman–Crippen LogP) is 6.48. The van der Waals surface area contributed by atoms with Crippen LogP contribution in [0.4, 0.5) is 0 Å². The molecule has 0 aliphatic heterocycles. The topological polar surface area (TPSA) is 21.3 Å². The lowest BCUT2D eigenvalue weighted by Gasteiger charge is -2.10. The van der Waals surface area contributed by atoms with E-state index < -0.39 is 0 Å². The maximum Gasteiger partial charge on any atom is 0.134 e. The van der Waals surface area contributed by atoms with Gasteiger partial charge in [-0.1, -0.05) is 75.4 Å². The van der Waals surface area contributed by atoms with Crippen LogP contribution in [0.2, 0.25) is 0 Å². The molecule has 136 valence electrons. The Labute approximate surface area is 161 Å². The fraction of sp³-hybridized carbons (Fsp3) is 0.455. The summed E-state index contributed by atoms with van der Waals surface area (Å²) in [5.74, 6) is 0.892. The smallest absolute Gasteiger partial charge is 0.134 e. The van der Waals surface area contributed by atoms with E-state index >= 15 is 0 Å². The molecule has 0 radical (unpaired) electrons. The van der Waals surface area contributed by atoms with E-state index in [1.165, 1.54) is 49.7 Å². The summed E-state index contributed by atoms with van der Waals surface area (Å²) in [4.78, 5) is 0. The number of ether oxygens (including phenoxy) is 1. The molecule has 25 heavy (non-hydrogen) atoms. The second-order valence-corrected chi connectivity index (χ2v) is 7.34. The van der Waals surface area contributed by atoms with E-state index in [1.54, 1.807) is 0 Å². The summed E-state index contributed by atoms with van der Waals surface area (Å²) in [6.07, 6.45) is 8.05. The standard InChI is InChI=1S/C22H30BrNO/c1-2-3-4-5-6-10-15-24-17-20-13-14-22(21(23)16-20)25-18-19-11-8-7-9-12-19/h7-9,11-14,16,24H,2-6,10,15,17-18H2,1H3. The van der Waals surface area contributed by atoms with Crippen molar-refractivity contribution in [3.8, 4) is 5.75 Å². The summed E-state index contributed by atoms with van der Waals surface area (Å²) in [7, 11) is 0. The van der Waals surface area contributed by atoms with Crippen LogP contribution in [0.5, 0.6) is 5.75 Å². The molecule has 2 rings (SSSR count). The third-order valence-electron chi connectivity index (χ3n) is 4.27. The number of rotatable bonds is 12. The summed E-state index contributed by atoms with van der Waals surface area (Å²) in [5.41, 5.74) is 2.46. The molecule has 0 saturated carbocycles. The van der Waals surface area contributed by atoms with E-state index in [-0.39, 0.29) is 0 Å². The van der Waals surface area contributed by atoms with Crippen molar-refractivity contribution < 1.29 is 4.74 Å². The van der Waals surface area contributed by atoms with Crippen molar-refractivity contribution in [1.29, 1.82) is 0 Å². The van der Waals surface area contributed by atoms with Gasteiger partial charge in [0, 0.05) is 6.54 Å². The van der Waals surface area contributed by atoms with Gasteiger partial charge in [-0.25, -0.2) is 0 Å². The van der Waals surface area contributed by atoms with Crippen LogP contribution in [0.25, 0.3) is 0 Å². The molecule has 0 fully saturated rings. The highest BCUT2D eigenvalue weighted by Gasteiger charge is 2.03. The summed E-state index contributed by atoms with van der Waals surface area (Å²) in [5, 5.41) is 3.54. The Morgan fingerprint density at radius 1 is 0.880 bits per heavy atom. The Kier molecular flexibility index (Phi) is 9.68. The predicted molar refractivity (Wildman–Crippen MR) is 110 cm³/mol. The van der Waals surface area contributed by atoms with Gasteiger partial charge in [0.1, 0.15) is 12.4 Å². The van der Waals surface area contributed by atoms with Crippen LogP contribution >= 0.6 is 15.9 Å².